The van der Waals surface area contributed by atoms with Crippen molar-refractivity contribution in [2.45, 2.75) is 30.5 Å². The third-order valence-electron chi connectivity index (χ3n) is 3.55. The Bertz CT molecular complexity index is 882. The van der Waals surface area contributed by atoms with Gasteiger partial charge in [-0.15, -0.1) is 0 Å². The van der Waals surface area contributed by atoms with Gasteiger partial charge in [0.1, 0.15) is 5.82 Å². The van der Waals surface area contributed by atoms with E-state index in [1.807, 2.05) is 0 Å². The molecule has 0 aliphatic heterocycles. The zero-order valence-electron chi connectivity index (χ0n) is 13.8. The van der Waals surface area contributed by atoms with E-state index in [0.29, 0.717) is 5.69 Å². The van der Waals surface area contributed by atoms with Crippen LogP contribution in [0.5, 0.6) is 0 Å². The number of hydrogen-bond donors (Lipinski definition) is 3. The van der Waals surface area contributed by atoms with Crippen molar-refractivity contribution < 1.29 is 14.0 Å². The van der Waals surface area contributed by atoms with Crippen LogP contribution in [0.3, 0.4) is 0 Å². The monoisotopic (exact) mass is 376 g/mol. The van der Waals surface area contributed by atoms with Crippen molar-refractivity contribution in [3.8, 4) is 0 Å². The number of benzene rings is 1. The van der Waals surface area contributed by atoms with Crippen LogP contribution in [0.4, 0.5) is 10.1 Å². The van der Waals surface area contributed by atoms with E-state index in [9.17, 15) is 18.8 Å². The van der Waals surface area contributed by atoms with Crippen molar-refractivity contribution in [2.24, 2.45) is 0 Å². The summed E-state index contributed by atoms with van der Waals surface area (Å²) in [7, 11) is 0. The van der Waals surface area contributed by atoms with Gasteiger partial charge >= 0.3 is 0 Å². The Kier molecular flexibility index (Phi) is 5.67. The van der Waals surface area contributed by atoms with Gasteiger partial charge in [-0.3, -0.25) is 14.4 Å². The fraction of sp³-hybridized carbons (Fsp3) is 0.294. The first-order valence-electron chi connectivity index (χ1n) is 8.06. The van der Waals surface area contributed by atoms with Crippen molar-refractivity contribution in [1.82, 2.24) is 15.3 Å². The van der Waals surface area contributed by atoms with Gasteiger partial charge in [-0.05, 0) is 25.0 Å². The van der Waals surface area contributed by atoms with Gasteiger partial charge in [-0.25, -0.2) is 9.37 Å². The Morgan fingerprint density at radius 3 is 2.77 bits per heavy atom. The van der Waals surface area contributed by atoms with Crippen molar-refractivity contribution in [1.29, 1.82) is 0 Å². The average Bonchev–Trinajstić information content (AvgIpc) is 3.38. The van der Waals surface area contributed by atoms with Crippen LogP contribution in [0.15, 0.2) is 40.3 Å². The summed E-state index contributed by atoms with van der Waals surface area (Å²) in [6.07, 6.45) is 1.97. The molecule has 0 spiro atoms. The molecule has 1 aromatic heterocycles. The van der Waals surface area contributed by atoms with E-state index in [0.717, 1.165) is 24.6 Å². The number of nitrogens with zero attached hydrogens (tertiary/aromatic N) is 1. The molecule has 3 rings (SSSR count). The van der Waals surface area contributed by atoms with Crippen molar-refractivity contribution in [3.63, 3.8) is 0 Å². The highest BCUT2D eigenvalue weighted by molar-refractivity contribution is 7.99. The van der Waals surface area contributed by atoms with Crippen LogP contribution in [-0.4, -0.2) is 33.6 Å². The molecule has 0 unspecified atom stereocenters. The van der Waals surface area contributed by atoms with Gasteiger partial charge in [-0.2, -0.15) is 0 Å². The van der Waals surface area contributed by atoms with E-state index in [4.69, 9.17) is 0 Å². The van der Waals surface area contributed by atoms with Crippen molar-refractivity contribution >= 4 is 29.3 Å². The first-order valence-corrected chi connectivity index (χ1v) is 9.05. The topological polar surface area (TPSA) is 104 Å². The van der Waals surface area contributed by atoms with Crippen LogP contribution in [-0.2, 0) is 16.0 Å². The maximum absolute atomic E-state index is 13.5. The first kappa shape index (κ1) is 18.1. The number of anilines is 1. The summed E-state index contributed by atoms with van der Waals surface area (Å²) < 4.78 is 13.5. The number of thioether (sulfide) groups is 1. The highest BCUT2D eigenvalue weighted by Gasteiger charge is 2.23. The molecule has 0 radical (unpaired) electrons. The summed E-state index contributed by atoms with van der Waals surface area (Å²) in [5.41, 5.74) is 0.0280. The highest BCUT2D eigenvalue weighted by atomic mass is 32.2. The molecule has 7 nitrogen and oxygen atoms in total. The Balaban J connectivity index is 1.57. The molecule has 2 amide bonds. The van der Waals surface area contributed by atoms with Gasteiger partial charge in [0.05, 0.1) is 23.6 Å². The number of nitrogens with one attached hydrogen (secondary N) is 3. The predicted octanol–water partition coefficient (Wildman–Crippen LogP) is 1.46. The van der Waals surface area contributed by atoms with Crippen LogP contribution in [0.25, 0.3) is 0 Å². The molecule has 136 valence electrons. The first-order chi connectivity index (χ1) is 12.5. The summed E-state index contributed by atoms with van der Waals surface area (Å²) in [5, 5.41) is 5.51. The minimum Gasteiger partial charge on any atom is -0.353 e. The quantitative estimate of drug-likeness (QED) is 0.501. The van der Waals surface area contributed by atoms with E-state index < -0.39 is 17.3 Å². The lowest BCUT2D eigenvalue weighted by Crippen LogP contribution is -2.28. The molecule has 1 fully saturated rings. The zero-order chi connectivity index (χ0) is 18.5. The smallest absolute Gasteiger partial charge is 0.251 e. The van der Waals surface area contributed by atoms with Crippen molar-refractivity contribution in [3.05, 3.63) is 52.2 Å². The van der Waals surface area contributed by atoms with Gasteiger partial charge < -0.3 is 15.6 Å². The van der Waals surface area contributed by atoms with Crippen LogP contribution in [0.1, 0.15) is 18.5 Å². The molecular formula is C17H17FN4O3S. The van der Waals surface area contributed by atoms with Gasteiger partial charge in [0.15, 0.2) is 5.16 Å². The zero-order valence-corrected chi connectivity index (χ0v) is 14.6. The summed E-state index contributed by atoms with van der Waals surface area (Å²) in [5.74, 6) is -1.20. The second-order valence-electron chi connectivity index (χ2n) is 5.88. The lowest BCUT2D eigenvalue weighted by molar-refractivity contribution is -0.120. The van der Waals surface area contributed by atoms with Gasteiger partial charge in [-0.1, -0.05) is 23.9 Å². The van der Waals surface area contributed by atoms with Crippen LogP contribution in [0.2, 0.25) is 0 Å². The lowest BCUT2D eigenvalue weighted by Gasteiger charge is -2.07. The maximum atomic E-state index is 13.5. The van der Waals surface area contributed by atoms with Crippen LogP contribution in [0, 0.1) is 5.82 Å². The predicted molar refractivity (Wildman–Crippen MR) is 95.5 cm³/mol. The molecule has 26 heavy (non-hydrogen) atoms. The number of halogens is 1. The number of aromatic nitrogens is 2. The maximum Gasteiger partial charge on any atom is 0.251 e. The van der Waals surface area contributed by atoms with E-state index >= 15 is 0 Å². The van der Waals surface area contributed by atoms with Gasteiger partial charge in [0, 0.05) is 12.1 Å². The molecule has 2 aromatic rings. The fourth-order valence-corrected chi connectivity index (χ4v) is 2.89. The molecule has 3 N–H and O–H groups in total. The third kappa shape index (κ3) is 5.41. The van der Waals surface area contributed by atoms with Gasteiger partial charge in [0.2, 0.25) is 11.8 Å². The molecule has 9 heteroatoms. The number of carbonyl (C=O) groups is 2. The Morgan fingerprint density at radius 1 is 1.27 bits per heavy atom. The second-order valence-corrected chi connectivity index (χ2v) is 6.84. The lowest BCUT2D eigenvalue weighted by atomic mass is 10.3. The average molecular weight is 376 g/mol. The second kappa shape index (κ2) is 8.13. The molecule has 1 aromatic carbocycles. The molecular weight excluding hydrogens is 359 g/mol. The van der Waals surface area contributed by atoms with Crippen LogP contribution >= 0.6 is 11.8 Å². The Hall–Kier alpha value is -2.68. The molecule has 1 heterocycles. The number of aromatic amines is 1. The van der Waals surface area contributed by atoms with E-state index in [-0.39, 0.29) is 35.0 Å². The number of H-pyrrole nitrogens is 1. The van der Waals surface area contributed by atoms with E-state index in [1.165, 1.54) is 24.3 Å². The Labute approximate surface area is 152 Å². The standard InChI is InChI=1S/C17H17FN4O3S/c18-12-3-1-2-4-13(12)21-16(25)9-26-17-20-11(8-15(24)22-17)7-14(23)19-10-5-6-10/h1-4,8,10H,5-7,9H2,(H,19,23)(H,21,25)(H,20,22,24). The molecule has 1 aliphatic rings. The Morgan fingerprint density at radius 2 is 2.04 bits per heavy atom. The van der Waals surface area contributed by atoms with E-state index in [1.54, 1.807) is 6.07 Å². The number of rotatable bonds is 7. The summed E-state index contributed by atoms with van der Waals surface area (Å²) in [6, 6.07) is 7.34. The van der Waals surface area contributed by atoms with E-state index in [2.05, 4.69) is 20.6 Å². The third-order valence-corrected chi connectivity index (χ3v) is 4.42. The summed E-state index contributed by atoms with van der Waals surface area (Å²) in [4.78, 5) is 42.2. The SMILES string of the molecule is O=C(CSc1nc(CC(=O)NC2CC2)cc(=O)[nH]1)Nc1ccccc1F. The molecule has 1 saturated carbocycles. The largest absolute Gasteiger partial charge is 0.353 e. The number of amides is 2. The fourth-order valence-electron chi connectivity index (χ4n) is 2.20. The molecule has 0 saturated heterocycles. The minimum atomic E-state index is -0.527. The molecule has 0 bridgehead atoms. The number of para-hydroxylation sites is 1. The molecule has 1 aliphatic carbocycles. The highest BCUT2D eigenvalue weighted by Crippen LogP contribution is 2.19. The summed E-state index contributed by atoms with van der Waals surface area (Å²) >= 11 is 1.00. The van der Waals surface area contributed by atoms with Gasteiger partial charge in [0.25, 0.3) is 5.56 Å². The van der Waals surface area contributed by atoms with Crippen LogP contribution < -0.4 is 16.2 Å². The molecule has 0 atom stereocenters. The van der Waals surface area contributed by atoms with Crippen molar-refractivity contribution in [2.75, 3.05) is 11.1 Å². The normalized spacial score (nSPS) is 13.3. The number of carbonyl (C=O) groups excluding carboxylic acids is 2. The summed E-state index contributed by atoms with van der Waals surface area (Å²) in [6.45, 7) is 0. The number of hydrogen-bond acceptors (Lipinski definition) is 5. The minimum absolute atomic E-state index is 0.00933.